The number of ether oxygens (including phenoxy) is 1. The molecule has 0 bridgehead atoms. The Balaban J connectivity index is 1.88. The lowest BCUT2D eigenvalue weighted by atomic mass is 10.2. The summed E-state index contributed by atoms with van der Waals surface area (Å²) >= 11 is 0. The lowest BCUT2D eigenvalue weighted by Gasteiger charge is -2.02. The van der Waals surface area contributed by atoms with Crippen molar-refractivity contribution in [3.63, 3.8) is 0 Å². The summed E-state index contributed by atoms with van der Waals surface area (Å²) in [5.74, 6) is 0.940. The molecule has 2 rings (SSSR count). The van der Waals surface area contributed by atoms with Gasteiger partial charge < -0.3 is 14.5 Å². The van der Waals surface area contributed by atoms with Crippen molar-refractivity contribution in [3.8, 4) is 0 Å². The molecule has 0 amide bonds. The molecule has 0 atom stereocenters. The second-order valence-electron chi connectivity index (χ2n) is 3.46. The molecule has 1 heterocycles. The average Bonchev–Trinajstić information content (AvgIpc) is 2.86. The van der Waals surface area contributed by atoms with Gasteiger partial charge >= 0.3 is 0 Å². The van der Waals surface area contributed by atoms with Crippen LogP contribution in [0, 0.1) is 0 Å². The molecule has 13 heavy (non-hydrogen) atoms. The molecule has 0 unspecified atom stereocenters. The molecule has 0 radical (unpaired) electrons. The highest BCUT2D eigenvalue weighted by molar-refractivity contribution is 5.16. The number of hydrogen-bond acceptors (Lipinski definition) is 3. The van der Waals surface area contributed by atoms with Crippen molar-refractivity contribution >= 4 is 0 Å². The minimum Gasteiger partial charge on any atom is -0.467 e. The van der Waals surface area contributed by atoms with Crippen LogP contribution in [0.15, 0.2) is 16.7 Å². The first-order valence-electron chi connectivity index (χ1n) is 4.67. The number of hydrogen-bond donors (Lipinski definition) is 1. The third kappa shape index (κ3) is 2.32. The van der Waals surface area contributed by atoms with E-state index in [0.717, 1.165) is 18.3 Å². The average molecular weight is 181 g/mol. The van der Waals surface area contributed by atoms with Gasteiger partial charge in [-0.15, -0.1) is 0 Å². The van der Waals surface area contributed by atoms with Gasteiger partial charge in [0.2, 0.25) is 0 Å². The second kappa shape index (κ2) is 3.94. The normalized spacial score (nSPS) is 16.4. The van der Waals surface area contributed by atoms with Crippen molar-refractivity contribution in [1.29, 1.82) is 0 Å². The molecule has 0 aliphatic heterocycles. The van der Waals surface area contributed by atoms with Crippen molar-refractivity contribution in [2.45, 2.75) is 32.0 Å². The lowest BCUT2D eigenvalue weighted by molar-refractivity contribution is 0.163. The number of rotatable bonds is 5. The van der Waals surface area contributed by atoms with Crippen LogP contribution in [0.3, 0.4) is 0 Å². The molecule has 1 aromatic heterocycles. The Morgan fingerprint density at radius 1 is 1.62 bits per heavy atom. The zero-order chi connectivity index (χ0) is 9.10. The van der Waals surface area contributed by atoms with Crippen LogP contribution in [0.2, 0.25) is 0 Å². The molecule has 0 saturated heterocycles. The molecule has 3 nitrogen and oxygen atoms in total. The predicted molar refractivity (Wildman–Crippen MR) is 49.3 cm³/mol. The zero-order valence-electron chi connectivity index (χ0n) is 7.88. The fraction of sp³-hybridized carbons (Fsp3) is 0.600. The van der Waals surface area contributed by atoms with E-state index in [9.17, 15) is 0 Å². The summed E-state index contributed by atoms with van der Waals surface area (Å²) in [6.45, 7) is 1.47. The maximum Gasteiger partial charge on any atom is 0.133 e. The minimum atomic E-state index is 0.564. The molecule has 1 aliphatic carbocycles. The summed E-state index contributed by atoms with van der Waals surface area (Å²) in [5.41, 5.74) is 1.22. The molecule has 0 spiro atoms. The Bertz CT molecular complexity index is 266. The Labute approximate surface area is 78.1 Å². The Morgan fingerprint density at radius 3 is 3.15 bits per heavy atom. The quantitative estimate of drug-likeness (QED) is 0.750. The van der Waals surface area contributed by atoms with Gasteiger partial charge in [-0.1, -0.05) is 0 Å². The molecule has 3 heteroatoms. The van der Waals surface area contributed by atoms with Crippen LogP contribution in [0.4, 0.5) is 0 Å². The summed E-state index contributed by atoms with van der Waals surface area (Å²) in [4.78, 5) is 0. The van der Waals surface area contributed by atoms with E-state index in [-0.39, 0.29) is 0 Å². The Hall–Kier alpha value is -0.800. The molecule has 72 valence electrons. The summed E-state index contributed by atoms with van der Waals surface area (Å²) in [5, 5.41) is 3.44. The van der Waals surface area contributed by atoms with Gasteiger partial charge in [0.15, 0.2) is 0 Å². The third-order valence-corrected chi connectivity index (χ3v) is 2.27. The van der Waals surface area contributed by atoms with Gasteiger partial charge in [0, 0.05) is 25.3 Å². The fourth-order valence-corrected chi connectivity index (χ4v) is 1.32. The first-order chi connectivity index (χ1) is 6.40. The van der Waals surface area contributed by atoms with E-state index in [0.29, 0.717) is 6.61 Å². The molecule has 1 aromatic rings. The maximum absolute atomic E-state index is 5.29. The van der Waals surface area contributed by atoms with Gasteiger partial charge in [-0.2, -0.15) is 0 Å². The van der Waals surface area contributed by atoms with Crippen LogP contribution < -0.4 is 5.32 Å². The van der Waals surface area contributed by atoms with Crippen LogP contribution in [0.5, 0.6) is 0 Å². The second-order valence-corrected chi connectivity index (χ2v) is 3.46. The van der Waals surface area contributed by atoms with Crippen LogP contribution in [0.25, 0.3) is 0 Å². The standard InChI is InChI=1S/C10H15NO2/c1-12-7-10-8(4-5-13-10)6-11-9-2-3-9/h4-5,9,11H,2-3,6-7H2,1H3. The molecule has 1 saturated carbocycles. The highest BCUT2D eigenvalue weighted by Crippen LogP contribution is 2.20. The van der Waals surface area contributed by atoms with Crippen LogP contribution in [0.1, 0.15) is 24.2 Å². The van der Waals surface area contributed by atoms with E-state index in [2.05, 4.69) is 5.32 Å². The van der Waals surface area contributed by atoms with E-state index in [4.69, 9.17) is 9.15 Å². The minimum absolute atomic E-state index is 0.564. The molecular weight excluding hydrogens is 166 g/mol. The number of nitrogens with one attached hydrogen (secondary N) is 1. The van der Waals surface area contributed by atoms with Gasteiger partial charge in [-0.05, 0) is 18.9 Å². The summed E-state index contributed by atoms with van der Waals surface area (Å²) in [7, 11) is 1.68. The van der Waals surface area contributed by atoms with Crippen molar-refractivity contribution in [3.05, 3.63) is 23.7 Å². The number of furan rings is 1. The first-order valence-corrected chi connectivity index (χ1v) is 4.67. The summed E-state index contributed by atoms with van der Waals surface area (Å²) < 4.78 is 10.3. The zero-order valence-corrected chi connectivity index (χ0v) is 7.88. The maximum atomic E-state index is 5.29. The van der Waals surface area contributed by atoms with E-state index < -0.39 is 0 Å². The molecule has 1 N–H and O–H groups in total. The van der Waals surface area contributed by atoms with Gasteiger partial charge in [0.25, 0.3) is 0 Å². The van der Waals surface area contributed by atoms with E-state index >= 15 is 0 Å². The molecule has 1 aliphatic rings. The first kappa shape index (κ1) is 8.78. The SMILES string of the molecule is COCc1occc1CNC1CC1. The van der Waals surface area contributed by atoms with Crippen LogP contribution in [-0.4, -0.2) is 13.2 Å². The molecular formula is C10H15NO2. The van der Waals surface area contributed by atoms with Crippen molar-refractivity contribution < 1.29 is 9.15 Å². The fourth-order valence-electron chi connectivity index (χ4n) is 1.32. The Morgan fingerprint density at radius 2 is 2.46 bits per heavy atom. The topological polar surface area (TPSA) is 34.4 Å². The van der Waals surface area contributed by atoms with Crippen LogP contribution in [-0.2, 0) is 17.9 Å². The van der Waals surface area contributed by atoms with Gasteiger partial charge in [-0.25, -0.2) is 0 Å². The van der Waals surface area contributed by atoms with Gasteiger partial charge in [-0.3, -0.25) is 0 Å². The van der Waals surface area contributed by atoms with Crippen molar-refractivity contribution in [2.24, 2.45) is 0 Å². The highest BCUT2D eigenvalue weighted by Gasteiger charge is 2.20. The molecule has 1 fully saturated rings. The smallest absolute Gasteiger partial charge is 0.133 e. The van der Waals surface area contributed by atoms with E-state index in [1.165, 1.54) is 18.4 Å². The van der Waals surface area contributed by atoms with E-state index in [1.54, 1.807) is 13.4 Å². The monoisotopic (exact) mass is 181 g/mol. The number of methoxy groups -OCH3 is 1. The summed E-state index contributed by atoms with van der Waals surface area (Å²) in [6, 6.07) is 2.74. The van der Waals surface area contributed by atoms with Gasteiger partial charge in [0.05, 0.1) is 6.26 Å². The van der Waals surface area contributed by atoms with Gasteiger partial charge in [0.1, 0.15) is 12.4 Å². The van der Waals surface area contributed by atoms with E-state index in [1.807, 2.05) is 6.07 Å². The van der Waals surface area contributed by atoms with Crippen LogP contribution >= 0.6 is 0 Å². The highest BCUT2D eigenvalue weighted by atomic mass is 16.5. The predicted octanol–water partition coefficient (Wildman–Crippen LogP) is 1.68. The summed E-state index contributed by atoms with van der Waals surface area (Å²) in [6.07, 6.45) is 4.35. The molecule has 0 aromatic carbocycles. The third-order valence-electron chi connectivity index (χ3n) is 2.27. The Kier molecular flexibility index (Phi) is 2.66. The largest absolute Gasteiger partial charge is 0.467 e. The van der Waals surface area contributed by atoms with Crippen molar-refractivity contribution in [2.75, 3.05) is 7.11 Å². The van der Waals surface area contributed by atoms with Crippen molar-refractivity contribution in [1.82, 2.24) is 5.32 Å². The lowest BCUT2D eigenvalue weighted by Crippen LogP contribution is -2.15.